The number of thiophene rings is 1. The molecule has 4 nitrogen and oxygen atoms in total. The monoisotopic (exact) mass is 298 g/mol. The van der Waals surface area contributed by atoms with E-state index in [-0.39, 0.29) is 0 Å². The van der Waals surface area contributed by atoms with E-state index in [0.29, 0.717) is 5.95 Å². The maximum Gasteiger partial charge on any atom is 0.225 e. The summed E-state index contributed by atoms with van der Waals surface area (Å²) in [5, 5.41) is 7.67. The highest BCUT2D eigenvalue weighted by Gasteiger charge is 2.07. The molecule has 2 N–H and O–H groups in total. The predicted octanol–water partition coefficient (Wildman–Crippen LogP) is 4.04. The van der Waals surface area contributed by atoms with Gasteiger partial charge in [-0.15, -0.1) is 11.3 Å². The molecule has 5 heteroatoms. The minimum Gasteiger partial charge on any atom is -0.364 e. The van der Waals surface area contributed by atoms with Gasteiger partial charge in [0.2, 0.25) is 5.95 Å². The third-order valence-electron chi connectivity index (χ3n) is 3.16. The first-order valence-corrected chi connectivity index (χ1v) is 7.87. The van der Waals surface area contributed by atoms with Gasteiger partial charge in [-0.25, -0.2) is 4.98 Å². The Bertz CT molecular complexity index is 751. The fourth-order valence-corrected chi connectivity index (χ4v) is 3.03. The molecule has 0 bridgehead atoms. The summed E-state index contributed by atoms with van der Waals surface area (Å²) in [5.74, 6) is 1.55. The molecule has 108 valence electrons. The summed E-state index contributed by atoms with van der Waals surface area (Å²) in [6, 6.07) is 12.4. The first-order chi connectivity index (χ1) is 10.3. The highest BCUT2D eigenvalue weighted by Crippen LogP contribution is 2.23. The number of para-hydroxylation sites is 1. The van der Waals surface area contributed by atoms with Gasteiger partial charge in [0.25, 0.3) is 0 Å². The lowest BCUT2D eigenvalue weighted by Crippen LogP contribution is -2.07. The molecule has 2 heterocycles. The van der Waals surface area contributed by atoms with Crippen molar-refractivity contribution in [1.29, 1.82) is 0 Å². The second-order valence-corrected chi connectivity index (χ2v) is 6.18. The molecule has 0 aliphatic carbocycles. The van der Waals surface area contributed by atoms with Crippen LogP contribution in [0.25, 0.3) is 10.9 Å². The molecule has 3 aromatic rings. The normalized spacial score (nSPS) is 10.8. The van der Waals surface area contributed by atoms with Gasteiger partial charge in [-0.2, -0.15) is 4.98 Å². The molecule has 0 spiro atoms. The third-order valence-corrected chi connectivity index (χ3v) is 4.16. The van der Waals surface area contributed by atoms with Crippen molar-refractivity contribution in [2.45, 2.75) is 20.4 Å². The predicted molar refractivity (Wildman–Crippen MR) is 90.1 cm³/mol. The van der Waals surface area contributed by atoms with Crippen LogP contribution in [0.3, 0.4) is 0 Å². The van der Waals surface area contributed by atoms with Crippen LogP contribution in [-0.4, -0.2) is 16.5 Å². The van der Waals surface area contributed by atoms with Crippen LogP contribution in [0.4, 0.5) is 11.8 Å². The fraction of sp³-hybridized carbons (Fsp3) is 0.250. The standard InChI is InChI=1S/C16H18N4S/c1-3-17-16-19-14-7-5-4-6-13(14)15(20-16)18-10-12-9-8-11(2)21-12/h4-9H,3,10H2,1-2H3,(H2,17,18,19,20). The van der Waals surface area contributed by atoms with Crippen LogP contribution < -0.4 is 10.6 Å². The zero-order valence-corrected chi connectivity index (χ0v) is 13.0. The Balaban J connectivity index is 1.91. The average Bonchev–Trinajstić information content (AvgIpc) is 2.91. The fourth-order valence-electron chi connectivity index (χ4n) is 2.20. The number of anilines is 2. The summed E-state index contributed by atoms with van der Waals surface area (Å²) in [7, 11) is 0. The third kappa shape index (κ3) is 3.13. The Morgan fingerprint density at radius 2 is 1.90 bits per heavy atom. The van der Waals surface area contributed by atoms with E-state index >= 15 is 0 Å². The van der Waals surface area contributed by atoms with Gasteiger partial charge in [0, 0.05) is 21.7 Å². The number of hydrogen-bond donors (Lipinski definition) is 2. The number of rotatable bonds is 5. The van der Waals surface area contributed by atoms with E-state index < -0.39 is 0 Å². The number of aromatic nitrogens is 2. The topological polar surface area (TPSA) is 49.8 Å². The van der Waals surface area contributed by atoms with Crippen LogP contribution in [0, 0.1) is 6.92 Å². The molecule has 0 amide bonds. The van der Waals surface area contributed by atoms with Crippen molar-refractivity contribution < 1.29 is 0 Å². The van der Waals surface area contributed by atoms with Crippen LogP contribution in [0.1, 0.15) is 16.7 Å². The van der Waals surface area contributed by atoms with Gasteiger partial charge in [-0.05, 0) is 38.1 Å². The Kier molecular flexibility index (Phi) is 4.01. The second-order valence-electron chi connectivity index (χ2n) is 4.81. The minimum atomic E-state index is 0.668. The van der Waals surface area contributed by atoms with E-state index in [2.05, 4.69) is 39.7 Å². The van der Waals surface area contributed by atoms with Crippen molar-refractivity contribution in [3.8, 4) is 0 Å². The van der Waals surface area contributed by atoms with E-state index in [0.717, 1.165) is 29.8 Å². The van der Waals surface area contributed by atoms with E-state index in [1.165, 1.54) is 9.75 Å². The first-order valence-electron chi connectivity index (χ1n) is 7.06. The van der Waals surface area contributed by atoms with E-state index in [1.807, 2.05) is 31.2 Å². The molecule has 2 aromatic heterocycles. The maximum absolute atomic E-state index is 4.58. The second kappa shape index (κ2) is 6.10. The van der Waals surface area contributed by atoms with Crippen LogP contribution in [0.2, 0.25) is 0 Å². The summed E-state index contributed by atoms with van der Waals surface area (Å²) in [5.41, 5.74) is 0.952. The van der Waals surface area contributed by atoms with Crippen LogP contribution in [0.5, 0.6) is 0 Å². The molecule has 1 aromatic carbocycles. The van der Waals surface area contributed by atoms with Gasteiger partial charge in [0.1, 0.15) is 5.82 Å². The van der Waals surface area contributed by atoms with E-state index in [4.69, 9.17) is 0 Å². The molecule has 0 aliphatic rings. The molecule has 3 rings (SSSR count). The molecule has 0 saturated heterocycles. The Hall–Kier alpha value is -2.14. The molecule has 0 unspecified atom stereocenters. The summed E-state index contributed by atoms with van der Waals surface area (Å²) >= 11 is 1.81. The lowest BCUT2D eigenvalue weighted by molar-refractivity contribution is 1.08. The molecular formula is C16H18N4S. The first kappa shape index (κ1) is 13.8. The highest BCUT2D eigenvalue weighted by atomic mass is 32.1. The summed E-state index contributed by atoms with van der Waals surface area (Å²) in [6.45, 7) is 5.75. The van der Waals surface area contributed by atoms with E-state index in [9.17, 15) is 0 Å². The van der Waals surface area contributed by atoms with Gasteiger partial charge in [-0.1, -0.05) is 12.1 Å². The van der Waals surface area contributed by atoms with Crippen molar-refractivity contribution >= 4 is 34.0 Å². The van der Waals surface area contributed by atoms with Crippen molar-refractivity contribution in [3.05, 3.63) is 46.2 Å². The number of nitrogens with zero attached hydrogens (tertiary/aromatic N) is 2. The van der Waals surface area contributed by atoms with Gasteiger partial charge in [0.05, 0.1) is 12.1 Å². The maximum atomic E-state index is 4.58. The molecule has 21 heavy (non-hydrogen) atoms. The largest absolute Gasteiger partial charge is 0.364 e. The number of benzene rings is 1. The van der Waals surface area contributed by atoms with Gasteiger partial charge < -0.3 is 10.6 Å². The average molecular weight is 298 g/mol. The summed E-state index contributed by atoms with van der Waals surface area (Å²) in [4.78, 5) is 11.7. The van der Waals surface area contributed by atoms with Gasteiger partial charge in [-0.3, -0.25) is 0 Å². The number of nitrogens with one attached hydrogen (secondary N) is 2. The molecular weight excluding hydrogens is 280 g/mol. The van der Waals surface area contributed by atoms with Crippen LogP contribution >= 0.6 is 11.3 Å². The lowest BCUT2D eigenvalue weighted by atomic mass is 10.2. The quantitative estimate of drug-likeness (QED) is 0.746. The SMILES string of the molecule is CCNc1nc(NCc2ccc(C)s2)c2ccccc2n1. The zero-order chi connectivity index (χ0) is 14.7. The molecule has 0 aliphatic heterocycles. The van der Waals surface area contributed by atoms with E-state index in [1.54, 1.807) is 11.3 Å². The van der Waals surface area contributed by atoms with Crippen molar-refractivity contribution in [2.75, 3.05) is 17.2 Å². The van der Waals surface area contributed by atoms with Crippen molar-refractivity contribution in [3.63, 3.8) is 0 Å². The van der Waals surface area contributed by atoms with Crippen LogP contribution in [0.15, 0.2) is 36.4 Å². The number of aryl methyl sites for hydroxylation is 1. The van der Waals surface area contributed by atoms with Crippen LogP contribution in [-0.2, 0) is 6.54 Å². The highest BCUT2D eigenvalue weighted by molar-refractivity contribution is 7.11. The van der Waals surface area contributed by atoms with Crippen molar-refractivity contribution in [1.82, 2.24) is 9.97 Å². The summed E-state index contributed by atoms with van der Waals surface area (Å²) in [6.07, 6.45) is 0. The summed E-state index contributed by atoms with van der Waals surface area (Å²) < 4.78 is 0. The smallest absolute Gasteiger partial charge is 0.225 e. The Labute approximate surface area is 128 Å². The van der Waals surface area contributed by atoms with Gasteiger partial charge in [0.15, 0.2) is 0 Å². The van der Waals surface area contributed by atoms with Gasteiger partial charge >= 0.3 is 0 Å². The molecule has 0 radical (unpaired) electrons. The number of hydrogen-bond acceptors (Lipinski definition) is 5. The molecule has 0 atom stereocenters. The minimum absolute atomic E-state index is 0.668. The zero-order valence-electron chi connectivity index (χ0n) is 12.2. The lowest BCUT2D eigenvalue weighted by Gasteiger charge is -2.10. The molecule has 0 fully saturated rings. The van der Waals surface area contributed by atoms with Crippen molar-refractivity contribution in [2.24, 2.45) is 0 Å². The Morgan fingerprint density at radius 3 is 2.67 bits per heavy atom. The molecule has 0 saturated carbocycles. The number of fused-ring (bicyclic) bond motifs is 1. The Morgan fingerprint density at radius 1 is 1.05 bits per heavy atom.